The van der Waals surface area contributed by atoms with Gasteiger partial charge in [-0.05, 0) is 122 Å². The summed E-state index contributed by atoms with van der Waals surface area (Å²) in [4.78, 5) is 16.3. The van der Waals surface area contributed by atoms with Crippen molar-refractivity contribution in [3.63, 3.8) is 0 Å². The second-order valence-corrected chi connectivity index (χ2v) is 20.2. The minimum Gasteiger partial charge on any atom is -0.490 e. The third-order valence-electron chi connectivity index (χ3n) is 12.1. The highest BCUT2D eigenvalue weighted by molar-refractivity contribution is 8.17. The highest BCUT2D eigenvalue weighted by Gasteiger charge is 2.53. The van der Waals surface area contributed by atoms with Crippen LogP contribution in [0.3, 0.4) is 0 Å². The van der Waals surface area contributed by atoms with Gasteiger partial charge in [-0.15, -0.1) is 23.5 Å². The van der Waals surface area contributed by atoms with Gasteiger partial charge in [0.2, 0.25) is 10.0 Å². The van der Waals surface area contributed by atoms with E-state index in [4.69, 9.17) is 25.8 Å². The van der Waals surface area contributed by atoms with Crippen LogP contribution < -0.4 is 14.4 Å². The van der Waals surface area contributed by atoms with Crippen LogP contribution in [0.25, 0.3) is 0 Å². The van der Waals surface area contributed by atoms with Gasteiger partial charge in [0.05, 0.1) is 22.1 Å². The highest BCUT2D eigenvalue weighted by atomic mass is 35.5. The van der Waals surface area contributed by atoms with Gasteiger partial charge in [0, 0.05) is 49.9 Å². The van der Waals surface area contributed by atoms with E-state index in [-0.39, 0.29) is 34.9 Å². The molecular formula is C39H51ClN2O6S3. The molecule has 51 heavy (non-hydrogen) atoms. The molecule has 1 saturated heterocycles. The predicted octanol–water partition coefficient (Wildman–Crippen LogP) is 7.48. The summed E-state index contributed by atoms with van der Waals surface area (Å²) in [5.74, 6) is 2.68. The van der Waals surface area contributed by atoms with Crippen molar-refractivity contribution in [3.05, 3.63) is 70.3 Å². The molecule has 2 aliphatic carbocycles. The molecule has 7 rings (SSSR count). The monoisotopic (exact) mass is 774 g/mol. The standard InChI is InChI=1S/C39H51ClN2O6S3/c1-26-7-4-17-39(47-3,37-49-19-6-20-50-37)32-12-9-29(32)23-42-24-38(16-5-8-27-21-30(40)11-13-31(27)38)25-48-34-14-10-28(22-33(34)42)36(43)41-51(44,45)35(26)15-18-46-2/h4,10-11,13-14,17,21-22,26,29,32,35,37H,5-9,12,15-16,18-20,23-25H2,1-3H3,(H,41,43)/b17-4-/t26-,29-,32+,35+,38-,39+/m0/s1. The summed E-state index contributed by atoms with van der Waals surface area (Å²) in [5.41, 5.74) is 2.93. The number of carbonyl (C=O) groups excluding carboxylic acids is 1. The zero-order chi connectivity index (χ0) is 35.8. The van der Waals surface area contributed by atoms with Crippen LogP contribution in [0.4, 0.5) is 5.69 Å². The molecule has 1 saturated carbocycles. The molecule has 1 N–H and O–H groups in total. The minimum atomic E-state index is -4.04. The van der Waals surface area contributed by atoms with Gasteiger partial charge in [-0.3, -0.25) is 4.79 Å². The number of nitrogens with zero attached hydrogens (tertiary/aromatic N) is 1. The summed E-state index contributed by atoms with van der Waals surface area (Å²) in [6, 6.07) is 11.7. The van der Waals surface area contributed by atoms with Crippen LogP contribution in [0.5, 0.6) is 5.75 Å². The first-order chi connectivity index (χ1) is 24.6. The number of thioether (sulfide) groups is 2. The number of methoxy groups -OCH3 is 2. The quantitative estimate of drug-likeness (QED) is 0.311. The molecule has 0 unspecified atom stereocenters. The molecule has 2 fully saturated rings. The van der Waals surface area contributed by atoms with Crippen LogP contribution in [0.2, 0.25) is 5.02 Å². The Morgan fingerprint density at radius 1 is 1.10 bits per heavy atom. The maximum atomic E-state index is 14.0. The summed E-state index contributed by atoms with van der Waals surface area (Å²) in [6.07, 6.45) is 11.6. The van der Waals surface area contributed by atoms with Crippen LogP contribution in [0, 0.1) is 17.8 Å². The molecule has 1 spiro atoms. The average Bonchev–Trinajstić information content (AvgIpc) is 3.26. The Labute approximate surface area is 317 Å². The van der Waals surface area contributed by atoms with Gasteiger partial charge in [-0.25, -0.2) is 13.1 Å². The second kappa shape index (κ2) is 15.5. The van der Waals surface area contributed by atoms with Crippen molar-refractivity contribution >= 4 is 56.7 Å². The molecule has 2 aromatic rings. The number of sulfonamides is 1. The van der Waals surface area contributed by atoms with Crippen molar-refractivity contribution in [2.75, 3.05) is 56.9 Å². The number of anilines is 1. The van der Waals surface area contributed by atoms with E-state index < -0.39 is 26.8 Å². The lowest BCUT2D eigenvalue weighted by Gasteiger charge is -2.53. The Bertz CT molecular complexity index is 1740. The highest BCUT2D eigenvalue weighted by Crippen LogP contribution is 2.54. The van der Waals surface area contributed by atoms with Gasteiger partial charge in [-0.2, -0.15) is 0 Å². The first-order valence-corrected chi connectivity index (χ1v) is 22.4. The summed E-state index contributed by atoms with van der Waals surface area (Å²) in [5, 5.41) is -0.0657. The molecule has 0 aromatic heterocycles. The van der Waals surface area contributed by atoms with E-state index in [2.05, 4.69) is 33.9 Å². The lowest BCUT2D eigenvalue weighted by molar-refractivity contribution is -0.0639. The molecule has 278 valence electrons. The lowest BCUT2D eigenvalue weighted by Crippen LogP contribution is -2.56. The van der Waals surface area contributed by atoms with Crippen LogP contribution in [-0.2, 0) is 31.3 Å². The van der Waals surface area contributed by atoms with Crippen molar-refractivity contribution in [1.29, 1.82) is 0 Å². The molecule has 3 heterocycles. The van der Waals surface area contributed by atoms with Crippen molar-refractivity contribution in [3.8, 4) is 5.75 Å². The number of ether oxygens (including phenoxy) is 3. The number of carbonyl (C=O) groups is 1. The molecule has 2 bridgehead atoms. The van der Waals surface area contributed by atoms with Crippen molar-refractivity contribution in [2.45, 2.75) is 79.1 Å². The first kappa shape index (κ1) is 37.4. The largest absolute Gasteiger partial charge is 0.490 e. The zero-order valence-electron chi connectivity index (χ0n) is 29.9. The summed E-state index contributed by atoms with van der Waals surface area (Å²) in [7, 11) is -0.612. The van der Waals surface area contributed by atoms with Gasteiger partial charge in [0.1, 0.15) is 11.4 Å². The molecule has 6 atom stereocenters. The van der Waals surface area contributed by atoms with E-state index in [1.165, 1.54) is 17.5 Å². The number of hydrogen-bond donors (Lipinski definition) is 1. The van der Waals surface area contributed by atoms with E-state index in [0.717, 1.165) is 67.4 Å². The fourth-order valence-electron chi connectivity index (χ4n) is 9.22. The number of rotatable bonds is 5. The summed E-state index contributed by atoms with van der Waals surface area (Å²) < 4.78 is 49.4. The van der Waals surface area contributed by atoms with Crippen molar-refractivity contribution < 1.29 is 27.4 Å². The lowest BCUT2D eigenvalue weighted by atomic mass is 9.64. The number of nitrogens with one attached hydrogen (secondary N) is 1. The molecule has 5 aliphatic rings. The number of hydrogen-bond acceptors (Lipinski definition) is 9. The zero-order valence-corrected chi connectivity index (χ0v) is 33.1. The smallest absolute Gasteiger partial charge is 0.264 e. The van der Waals surface area contributed by atoms with Gasteiger partial charge in [0.25, 0.3) is 5.91 Å². The molecule has 3 aliphatic heterocycles. The van der Waals surface area contributed by atoms with Crippen LogP contribution in [0.1, 0.15) is 73.4 Å². The topological polar surface area (TPSA) is 94.2 Å². The van der Waals surface area contributed by atoms with Crippen molar-refractivity contribution in [2.24, 2.45) is 17.8 Å². The van der Waals surface area contributed by atoms with E-state index in [9.17, 15) is 13.2 Å². The van der Waals surface area contributed by atoms with Gasteiger partial charge >= 0.3 is 0 Å². The Morgan fingerprint density at radius 2 is 1.92 bits per heavy atom. The maximum absolute atomic E-state index is 14.0. The predicted molar refractivity (Wildman–Crippen MR) is 209 cm³/mol. The number of amides is 1. The van der Waals surface area contributed by atoms with Crippen LogP contribution >= 0.6 is 35.1 Å². The van der Waals surface area contributed by atoms with E-state index in [0.29, 0.717) is 30.3 Å². The molecule has 8 nitrogen and oxygen atoms in total. The number of halogens is 1. The Kier molecular flexibility index (Phi) is 11.3. The Balaban J connectivity index is 1.34. The molecule has 1 amide bonds. The number of fused-ring (bicyclic) bond motifs is 4. The maximum Gasteiger partial charge on any atom is 0.264 e. The molecule has 2 aromatic carbocycles. The third kappa shape index (κ3) is 7.33. The molecule has 12 heteroatoms. The summed E-state index contributed by atoms with van der Waals surface area (Å²) in [6.45, 7) is 4.24. The van der Waals surface area contributed by atoms with E-state index in [1.807, 2.05) is 55.8 Å². The van der Waals surface area contributed by atoms with Crippen LogP contribution in [0.15, 0.2) is 48.6 Å². The fourth-order valence-corrected chi connectivity index (χ4v) is 14.5. The third-order valence-corrected chi connectivity index (χ3v) is 17.5. The van der Waals surface area contributed by atoms with Gasteiger partial charge in [-0.1, -0.05) is 36.7 Å². The number of benzene rings is 2. The number of allylic oxidation sites excluding steroid dienone is 1. The number of aryl methyl sites for hydroxylation is 1. The van der Waals surface area contributed by atoms with Gasteiger partial charge < -0.3 is 19.1 Å². The van der Waals surface area contributed by atoms with Gasteiger partial charge in [0.15, 0.2) is 0 Å². The van der Waals surface area contributed by atoms with E-state index >= 15 is 0 Å². The molecule has 0 radical (unpaired) electrons. The van der Waals surface area contributed by atoms with E-state index in [1.54, 1.807) is 13.2 Å². The Morgan fingerprint density at radius 3 is 2.67 bits per heavy atom. The average molecular weight is 775 g/mol. The summed E-state index contributed by atoms with van der Waals surface area (Å²) >= 11 is 10.5. The minimum absolute atomic E-state index is 0.245. The SMILES string of the molecule is COCC[C@@H]1[C@@H](C)C/C=C\[C@](OC)(C2SCCCS2)[C@@H]2CC[C@H]2CN2C[C@@]3(CCCc4cc(Cl)ccc43)COc3ccc(cc32)C(=O)NS1(=O)=O. The molecular weight excluding hydrogens is 724 g/mol. The Hall–Kier alpha value is -1.89. The van der Waals surface area contributed by atoms with Crippen LogP contribution in [-0.4, -0.2) is 81.8 Å². The first-order valence-electron chi connectivity index (χ1n) is 18.4. The fraction of sp³-hybridized carbons (Fsp3) is 0.615. The second-order valence-electron chi connectivity index (χ2n) is 15.1. The normalized spacial score (nSPS) is 33.2. The van der Waals surface area contributed by atoms with Crippen molar-refractivity contribution in [1.82, 2.24) is 4.72 Å².